The minimum atomic E-state index is -3.08. The maximum Gasteiger partial charge on any atom is 0.338 e. The molecular weight excluding hydrogens is 346 g/mol. The maximum atomic E-state index is 12.1. The van der Waals surface area contributed by atoms with E-state index in [1.807, 2.05) is 13.8 Å². The van der Waals surface area contributed by atoms with Crippen molar-refractivity contribution in [3.63, 3.8) is 0 Å². The van der Waals surface area contributed by atoms with E-state index in [2.05, 4.69) is 5.32 Å². The Morgan fingerprint density at radius 2 is 1.80 bits per heavy atom. The van der Waals surface area contributed by atoms with Gasteiger partial charge in [0.05, 0.1) is 23.2 Å². The first-order valence-electron chi connectivity index (χ1n) is 8.15. The van der Waals surface area contributed by atoms with E-state index in [4.69, 9.17) is 9.47 Å². The molecule has 1 aromatic rings. The minimum Gasteiger partial charge on any atom is -0.491 e. The van der Waals surface area contributed by atoms with Crippen LogP contribution in [0.1, 0.15) is 37.6 Å². The maximum absolute atomic E-state index is 12.1. The van der Waals surface area contributed by atoms with Crippen LogP contribution in [0, 0.1) is 0 Å². The summed E-state index contributed by atoms with van der Waals surface area (Å²) in [7, 11) is -3.08. The molecule has 138 valence electrons. The van der Waals surface area contributed by atoms with E-state index in [0.717, 1.165) is 0 Å². The SMILES string of the molecule is CC(C)Oc1ccc(C(=O)O[C@H](C)C(=O)N[C@H]2CCS(=O)(=O)C2)cc1. The number of rotatable bonds is 6. The van der Waals surface area contributed by atoms with Gasteiger partial charge in [-0.25, -0.2) is 13.2 Å². The molecule has 0 aromatic heterocycles. The number of ether oxygens (including phenoxy) is 2. The second-order valence-electron chi connectivity index (χ2n) is 6.35. The number of esters is 1. The van der Waals surface area contributed by atoms with E-state index >= 15 is 0 Å². The fourth-order valence-corrected chi connectivity index (χ4v) is 4.12. The number of hydrogen-bond donors (Lipinski definition) is 1. The van der Waals surface area contributed by atoms with Crippen molar-refractivity contribution in [3.05, 3.63) is 29.8 Å². The number of carbonyl (C=O) groups excluding carboxylic acids is 2. The summed E-state index contributed by atoms with van der Waals surface area (Å²) in [6, 6.07) is 6.02. The highest BCUT2D eigenvalue weighted by molar-refractivity contribution is 7.91. The Hall–Kier alpha value is -2.09. The Morgan fingerprint density at radius 1 is 1.16 bits per heavy atom. The molecule has 0 spiro atoms. The van der Waals surface area contributed by atoms with Crippen LogP contribution in [0.4, 0.5) is 0 Å². The predicted molar refractivity (Wildman–Crippen MR) is 92.3 cm³/mol. The van der Waals surface area contributed by atoms with Crippen LogP contribution in [0.5, 0.6) is 5.75 Å². The molecule has 1 N–H and O–H groups in total. The Bertz CT molecular complexity index is 726. The third-order valence-electron chi connectivity index (χ3n) is 3.69. The highest BCUT2D eigenvalue weighted by Crippen LogP contribution is 2.15. The fourth-order valence-electron chi connectivity index (χ4n) is 2.45. The van der Waals surface area contributed by atoms with Gasteiger partial charge in [0.2, 0.25) is 0 Å². The summed E-state index contributed by atoms with van der Waals surface area (Å²) < 4.78 is 33.4. The molecule has 1 saturated heterocycles. The lowest BCUT2D eigenvalue weighted by molar-refractivity contribution is -0.129. The summed E-state index contributed by atoms with van der Waals surface area (Å²) in [5.41, 5.74) is 0.305. The first-order valence-corrected chi connectivity index (χ1v) is 9.97. The quantitative estimate of drug-likeness (QED) is 0.760. The van der Waals surface area contributed by atoms with Gasteiger partial charge < -0.3 is 14.8 Å². The molecule has 25 heavy (non-hydrogen) atoms. The second kappa shape index (κ2) is 7.86. The molecule has 0 aliphatic carbocycles. The molecule has 1 amide bonds. The molecule has 0 radical (unpaired) electrons. The van der Waals surface area contributed by atoms with E-state index in [9.17, 15) is 18.0 Å². The van der Waals surface area contributed by atoms with Gasteiger partial charge in [-0.2, -0.15) is 0 Å². The van der Waals surface area contributed by atoms with Gasteiger partial charge in [0.25, 0.3) is 5.91 Å². The van der Waals surface area contributed by atoms with Crippen LogP contribution in [0.3, 0.4) is 0 Å². The Morgan fingerprint density at radius 3 is 2.32 bits per heavy atom. The first kappa shape index (κ1) is 19.2. The lowest BCUT2D eigenvalue weighted by Crippen LogP contribution is -2.42. The van der Waals surface area contributed by atoms with Crippen molar-refractivity contribution in [1.29, 1.82) is 0 Å². The zero-order valence-electron chi connectivity index (χ0n) is 14.5. The molecule has 8 heteroatoms. The van der Waals surface area contributed by atoms with E-state index in [1.54, 1.807) is 24.3 Å². The van der Waals surface area contributed by atoms with Crippen LogP contribution >= 0.6 is 0 Å². The molecule has 1 aromatic carbocycles. The largest absolute Gasteiger partial charge is 0.491 e. The topological polar surface area (TPSA) is 98.8 Å². The number of carbonyl (C=O) groups is 2. The van der Waals surface area contributed by atoms with Crippen LogP contribution in [-0.2, 0) is 19.4 Å². The van der Waals surface area contributed by atoms with Crippen LogP contribution in [0.25, 0.3) is 0 Å². The van der Waals surface area contributed by atoms with Gasteiger partial charge >= 0.3 is 5.97 Å². The Kier molecular flexibility index (Phi) is 6.05. The predicted octanol–water partition coefficient (Wildman–Crippen LogP) is 1.32. The number of nitrogens with one attached hydrogen (secondary N) is 1. The normalized spacial score (nSPS) is 20.1. The van der Waals surface area contributed by atoms with Crippen LogP contribution in [-0.4, -0.2) is 50.0 Å². The van der Waals surface area contributed by atoms with Crippen LogP contribution in [0.2, 0.25) is 0 Å². The van der Waals surface area contributed by atoms with Gasteiger partial charge in [0.15, 0.2) is 15.9 Å². The molecule has 1 fully saturated rings. The van der Waals surface area contributed by atoms with E-state index in [-0.39, 0.29) is 17.6 Å². The highest BCUT2D eigenvalue weighted by atomic mass is 32.2. The molecule has 0 saturated carbocycles. The molecule has 1 aliphatic heterocycles. The van der Waals surface area contributed by atoms with Gasteiger partial charge in [-0.15, -0.1) is 0 Å². The van der Waals surface area contributed by atoms with Gasteiger partial charge in [0, 0.05) is 6.04 Å². The van der Waals surface area contributed by atoms with Crippen molar-refractivity contribution < 1.29 is 27.5 Å². The molecule has 2 atom stereocenters. The van der Waals surface area contributed by atoms with E-state index in [1.165, 1.54) is 6.92 Å². The zero-order valence-corrected chi connectivity index (χ0v) is 15.3. The number of amides is 1. The standard InChI is InChI=1S/C17H23NO6S/c1-11(2)23-15-6-4-13(5-7-15)17(20)24-12(3)16(19)18-14-8-9-25(21,22)10-14/h4-7,11-12,14H,8-10H2,1-3H3,(H,18,19)/t12-,14+/m1/s1. The summed E-state index contributed by atoms with van der Waals surface area (Å²) in [5, 5.41) is 2.61. The lowest BCUT2D eigenvalue weighted by Gasteiger charge is -2.16. The third-order valence-corrected chi connectivity index (χ3v) is 5.46. The summed E-state index contributed by atoms with van der Waals surface area (Å²) >= 11 is 0. The smallest absolute Gasteiger partial charge is 0.338 e. The third kappa shape index (κ3) is 5.74. The molecule has 0 unspecified atom stereocenters. The number of benzene rings is 1. The zero-order chi connectivity index (χ0) is 18.6. The van der Waals surface area contributed by atoms with E-state index in [0.29, 0.717) is 17.7 Å². The van der Waals surface area contributed by atoms with Crippen molar-refractivity contribution >= 4 is 21.7 Å². The van der Waals surface area contributed by atoms with Gasteiger partial charge in [-0.1, -0.05) is 0 Å². The van der Waals surface area contributed by atoms with Gasteiger partial charge in [-0.3, -0.25) is 4.79 Å². The van der Waals surface area contributed by atoms with E-state index < -0.39 is 33.9 Å². The van der Waals surface area contributed by atoms with Crippen molar-refractivity contribution in [3.8, 4) is 5.75 Å². The molecule has 0 bridgehead atoms. The monoisotopic (exact) mass is 369 g/mol. The molecular formula is C17H23NO6S. The summed E-state index contributed by atoms with van der Waals surface area (Å²) in [4.78, 5) is 24.1. The van der Waals surface area contributed by atoms with Gasteiger partial charge in [0.1, 0.15) is 5.75 Å². The molecule has 7 nitrogen and oxygen atoms in total. The Balaban J connectivity index is 1.87. The van der Waals surface area contributed by atoms with Crippen molar-refractivity contribution in [1.82, 2.24) is 5.32 Å². The average molecular weight is 369 g/mol. The van der Waals surface area contributed by atoms with Crippen LogP contribution in [0.15, 0.2) is 24.3 Å². The van der Waals surface area contributed by atoms with Crippen molar-refractivity contribution in [2.75, 3.05) is 11.5 Å². The second-order valence-corrected chi connectivity index (χ2v) is 8.58. The number of sulfone groups is 1. The first-order chi connectivity index (χ1) is 11.7. The Labute approximate surface area is 147 Å². The molecule has 1 heterocycles. The minimum absolute atomic E-state index is 0.0286. The summed E-state index contributed by atoms with van der Waals surface area (Å²) in [5.74, 6) is -0.499. The van der Waals surface area contributed by atoms with Gasteiger partial charge in [-0.05, 0) is 51.5 Å². The highest BCUT2D eigenvalue weighted by Gasteiger charge is 2.30. The molecule has 1 aliphatic rings. The van der Waals surface area contributed by atoms with Crippen LogP contribution < -0.4 is 10.1 Å². The average Bonchev–Trinajstić information content (AvgIpc) is 2.86. The fraction of sp³-hybridized carbons (Fsp3) is 0.529. The summed E-state index contributed by atoms with van der Waals surface area (Å²) in [6.45, 7) is 5.25. The van der Waals surface area contributed by atoms with Crippen molar-refractivity contribution in [2.45, 2.75) is 45.4 Å². The molecule has 2 rings (SSSR count). The lowest BCUT2D eigenvalue weighted by atomic mass is 10.2. The van der Waals surface area contributed by atoms with Crippen molar-refractivity contribution in [2.24, 2.45) is 0 Å². The number of hydrogen-bond acceptors (Lipinski definition) is 6. The summed E-state index contributed by atoms with van der Waals surface area (Å²) in [6.07, 6.45) is -0.602.